The number of hydrogen-bond donors (Lipinski definition) is 1. The van der Waals surface area contributed by atoms with E-state index in [4.69, 9.17) is 0 Å². The summed E-state index contributed by atoms with van der Waals surface area (Å²) in [4.78, 5) is 8.90. The van der Waals surface area contributed by atoms with Crippen molar-refractivity contribution < 1.29 is 0 Å². The van der Waals surface area contributed by atoms with E-state index in [0.29, 0.717) is 0 Å². The van der Waals surface area contributed by atoms with Crippen molar-refractivity contribution >= 4 is 21.7 Å². The van der Waals surface area contributed by atoms with Crippen LogP contribution in [0.1, 0.15) is 0 Å². The summed E-state index contributed by atoms with van der Waals surface area (Å²) in [7, 11) is 0. The second-order valence-electron chi connectivity index (χ2n) is 6.00. The van der Waals surface area contributed by atoms with Crippen molar-refractivity contribution in [3.63, 3.8) is 0 Å². The van der Waals surface area contributed by atoms with Crippen molar-refractivity contribution in [1.29, 1.82) is 0 Å². The zero-order chi connectivity index (χ0) is 16.6. The van der Waals surface area contributed by atoms with Gasteiger partial charge in [-0.1, -0.05) is 30.3 Å². The van der Waals surface area contributed by atoms with Crippen LogP contribution in [0.25, 0.3) is 44.1 Å². The van der Waals surface area contributed by atoms with Gasteiger partial charge in [-0.3, -0.25) is 15.1 Å². The van der Waals surface area contributed by atoms with Crippen LogP contribution in [0.2, 0.25) is 0 Å². The van der Waals surface area contributed by atoms with Gasteiger partial charge in [0.1, 0.15) is 0 Å². The van der Waals surface area contributed by atoms with Gasteiger partial charge >= 0.3 is 0 Å². The van der Waals surface area contributed by atoms with E-state index in [1.54, 1.807) is 6.20 Å². The molecule has 0 spiro atoms. The van der Waals surface area contributed by atoms with E-state index >= 15 is 0 Å². The molecule has 118 valence electrons. The molecule has 4 nitrogen and oxygen atoms in total. The summed E-state index contributed by atoms with van der Waals surface area (Å²) >= 11 is 0. The first-order valence-electron chi connectivity index (χ1n) is 8.11. The predicted octanol–water partition coefficient (Wildman–Crippen LogP) is 4.84. The Morgan fingerprint density at radius 3 is 2.40 bits per heavy atom. The van der Waals surface area contributed by atoms with E-state index < -0.39 is 0 Å². The maximum absolute atomic E-state index is 4.64. The van der Waals surface area contributed by atoms with E-state index in [0.717, 1.165) is 38.7 Å². The normalized spacial score (nSPS) is 11.2. The summed E-state index contributed by atoms with van der Waals surface area (Å²) in [6, 6.07) is 18.7. The summed E-state index contributed by atoms with van der Waals surface area (Å²) in [6.45, 7) is 0. The lowest BCUT2D eigenvalue weighted by Gasteiger charge is -2.07. The Labute approximate surface area is 144 Å². The molecule has 4 heteroatoms. The molecule has 0 amide bonds. The molecule has 0 aliphatic carbocycles. The Bertz CT molecular complexity index is 1180. The number of benzene rings is 2. The zero-order valence-corrected chi connectivity index (χ0v) is 13.3. The monoisotopic (exact) mass is 322 g/mol. The first kappa shape index (κ1) is 13.9. The highest BCUT2D eigenvalue weighted by molar-refractivity contribution is 6.06. The van der Waals surface area contributed by atoms with Gasteiger partial charge in [-0.05, 0) is 40.8 Å². The molecule has 0 radical (unpaired) electrons. The first-order valence-corrected chi connectivity index (χ1v) is 8.11. The highest BCUT2D eigenvalue weighted by Crippen LogP contribution is 2.29. The van der Waals surface area contributed by atoms with Crippen molar-refractivity contribution in [2.24, 2.45) is 0 Å². The lowest BCUT2D eigenvalue weighted by Crippen LogP contribution is -1.86. The molecule has 0 atom stereocenters. The summed E-state index contributed by atoms with van der Waals surface area (Å²) < 4.78 is 0. The molecule has 5 aromatic rings. The van der Waals surface area contributed by atoms with Gasteiger partial charge in [0, 0.05) is 41.1 Å². The molecule has 1 N–H and O–H groups in total. The van der Waals surface area contributed by atoms with E-state index in [1.807, 2.05) is 30.7 Å². The number of rotatable bonds is 2. The highest BCUT2D eigenvalue weighted by Gasteiger charge is 2.06. The minimum absolute atomic E-state index is 0.985. The van der Waals surface area contributed by atoms with Crippen molar-refractivity contribution in [2.75, 3.05) is 0 Å². The number of H-pyrrole nitrogens is 1. The van der Waals surface area contributed by atoms with Gasteiger partial charge in [-0.25, -0.2) is 0 Å². The number of aromatic nitrogens is 4. The number of hydrogen-bond acceptors (Lipinski definition) is 3. The van der Waals surface area contributed by atoms with Crippen LogP contribution in [0.15, 0.2) is 79.4 Å². The largest absolute Gasteiger partial charge is 0.278 e. The Hall–Kier alpha value is -3.53. The Kier molecular flexibility index (Phi) is 3.07. The third-order valence-corrected chi connectivity index (χ3v) is 4.51. The fourth-order valence-corrected chi connectivity index (χ4v) is 3.18. The van der Waals surface area contributed by atoms with Crippen molar-refractivity contribution in [2.45, 2.75) is 0 Å². The fourth-order valence-electron chi connectivity index (χ4n) is 3.18. The number of nitrogens with one attached hydrogen (secondary N) is 1. The molecule has 0 saturated carbocycles. The number of pyridine rings is 2. The Balaban J connectivity index is 1.64. The molecule has 0 fully saturated rings. The summed E-state index contributed by atoms with van der Waals surface area (Å²) in [5, 5.41) is 10.4. The van der Waals surface area contributed by atoms with E-state index in [2.05, 4.69) is 62.6 Å². The maximum Gasteiger partial charge on any atom is 0.0709 e. The van der Waals surface area contributed by atoms with Gasteiger partial charge in [0.2, 0.25) is 0 Å². The van der Waals surface area contributed by atoms with Gasteiger partial charge < -0.3 is 0 Å². The third kappa shape index (κ3) is 2.35. The molecular weight excluding hydrogens is 308 g/mol. The number of aromatic amines is 1. The van der Waals surface area contributed by atoms with Gasteiger partial charge in [0.05, 0.1) is 11.2 Å². The van der Waals surface area contributed by atoms with Gasteiger partial charge in [-0.2, -0.15) is 5.10 Å². The van der Waals surface area contributed by atoms with E-state index in [1.165, 1.54) is 5.39 Å². The quantitative estimate of drug-likeness (QED) is 0.473. The average Bonchev–Trinajstić information content (AvgIpc) is 3.22. The smallest absolute Gasteiger partial charge is 0.0709 e. The molecule has 0 aliphatic rings. The molecule has 0 bridgehead atoms. The summed E-state index contributed by atoms with van der Waals surface area (Å²) in [5.74, 6) is 0. The zero-order valence-electron chi connectivity index (χ0n) is 13.3. The standard InChI is InChI=1S/C21H14N4/c1-3-16(20-8-10-24-25-20)4-2-14(1)17-11-18-19-13-22-9-7-15(19)5-6-21(18)23-12-17/h1-13H,(H,24,25). The third-order valence-electron chi connectivity index (χ3n) is 4.51. The molecule has 2 aromatic carbocycles. The second kappa shape index (κ2) is 5.53. The van der Waals surface area contributed by atoms with Crippen LogP contribution >= 0.6 is 0 Å². The number of nitrogens with zero attached hydrogens (tertiary/aromatic N) is 3. The molecule has 0 saturated heterocycles. The lowest BCUT2D eigenvalue weighted by molar-refractivity contribution is 1.10. The van der Waals surface area contributed by atoms with Crippen LogP contribution < -0.4 is 0 Å². The molecule has 0 unspecified atom stereocenters. The molecule has 3 aromatic heterocycles. The van der Waals surface area contributed by atoms with Gasteiger partial charge in [0.25, 0.3) is 0 Å². The van der Waals surface area contributed by atoms with Gasteiger partial charge in [-0.15, -0.1) is 0 Å². The minimum atomic E-state index is 0.985. The van der Waals surface area contributed by atoms with Crippen LogP contribution in [0.5, 0.6) is 0 Å². The molecular formula is C21H14N4. The van der Waals surface area contributed by atoms with Gasteiger partial charge in [0.15, 0.2) is 0 Å². The maximum atomic E-state index is 4.64. The minimum Gasteiger partial charge on any atom is -0.278 e. The van der Waals surface area contributed by atoms with Crippen LogP contribution in [0.3, 0.4) is 0 Å². The highest BCUT2D eigenvalue weighted by atomic mass is 15.1. The molecule has 25 heavy (non-hydrogen) atoms. The lowest BCUT2D eigenvalue weighted by atomic mass is 10.0. The van der Waals surface area contributed by atoms with Crippen LogP contribution in [0, 0.1) is 0 Å². The van der Waals surface area contributed by atoms with Crippen LogP contribution in [-0.4, -0.2) is 20.2 Å². The molecule has 3 heterocycles. The molecule has 5 rings (SSSR count). The molecule has 0 aliphatic heterocycles. The number of fused-ring (bicyclic) bond motifs is 3. The second-order valence-corrected chi connectivity index (χ2v) is 6.00. The fraction of sp³-hybridized carbons (Fsp3) is 0. The van der Waals surface area contributed by atoms with E-state index in [9.17, 15) is 0 Å². The first-order chi connectivity index (χ1) is 12.4. The Morgan fingerprint density at radius 1 is 0.680 bits per heavy atom. The predicted molar refractivity (Wildman–Crippen MR) is 100 cm³/mol. The Morgan fingerprint density at radius 2 is 1.56 bits per heavy atom. The van der Waals surface area contributed by atoms with Crippen molar-refractivity contribution in [1.82, 2.24) is 20.2 Å². The van der Waals surface area contributed by atoms with Crippen molar-refractivity contribution in [3.05, 3.63) is 79.4 Å². The topological polar surface area (TPSA) is 54.5 Å². The summed E-state index contributed by atoms with van der Waals surface area (Å²) in [5.41, 5.74) is 5.35. The SMILES string of the molecule is c1cc2ccc3ncc(-c4ccc(-c5ccn[nH]5)cc4)cc3c2cn1. The van der Waals surface area contributed by atoms with Crippen LogP contribution in [0.4, 0.5) is 0 Å². The average molecular weight is 322 g/mol. The summed E-state index contributed by atoms with van der Waals surface area (Å²) in [6.07, 6.45) is 7.41. The van der Waals surface area contributed by atoms with Crippen LogP contribution in [-0.2, 0) is 0 Å². The van der Waals surface area contributed by atoms with Crippen molar-refractivity contribution in [3.8, 4) is 22.4 Å². The van der Waals surface area contributed by atoms with E-state index in [-0.39, 0.29) is 0 Å².